The number of likely N-dealkylation sites (tertiary alicyclic amines) is 1. The molecule has 2 rings (SSSR count). The average Bonchev–Trinajstić information content (AvgIpc) is 2.69. The van der Waals surface area contributed by atoms with Crippen molar-refractivity contribution in [2.45, 2.75) is 65.5 Å². The fourth-order valence-electron chi connectivity index (χ4n) is 3.78. The minimum absolute atomic E-state index is 0.00344. The number of amides is 3. The predicted octanol–water partition coefficient (Wildman–Crippen LogP) is 1.78. The van der Waals surface area contributed by atoms with Crippen molar-refractivity contribution in [1.82, 2.24) is 15.1 Å². The van der Waals surface area contributed by atoms with Crippen LogP contribution in [-0.2, 0) is 4.79 Å². The van der Waals surface area contributed by atoms with Crippen molar-refractivity contribution in [2.75, 3.05) is 19.6 Å². The first-order valence-corrected chi connectivity index (χ1v) is 9.35. The van der Waals surface area contributed by atoms with Gasteiger partial charge in [0.05, 0.1) is 0 Å². The second-order valence-corrected chi connectivity index (χ2v) is 8.29. The number of carbonyl (C=O) groups excluding carboxylic acids is 2. The predicted molar refractivity (Wildman–Crippen MR) is 99.2 cm³/mol. The Kier molecular flexibility index (Phi) is 5.95. The van der Waals surface area contributed by atoms with Crippen LogP contribution in [0.2, 0.25) is 0 Å². The molecule has 3 N–H and O–H groups in total. The van der Waals surface area contributed by atoms with Gasteiger partial charge in [-0.15, -0.1) is 0 Å². The second-order valence-electron chi connectivity index (χ2n) is 8.29. The molecule has 2 aliphatic heterocycles. The first-order valence-electron chi connectivity index (χ1n) is 9.35. The normalized spacial score (nSPS) is 25.1. The molecule has 3 amide bonds. The van der Waals surface area contributed by atoms with Crippen LogP contribution in [-0.4, -0.2) is 58.9 Å². The molecule has 25 heavy (non-hydrogen) atoms. The maximum Gasteiger partial charge on any atom is 0.317 e. The molecule has 1 fully saturated rings. The molecule has 2 aliphatic rings. The summed E-state index contributed by atoms with van der Waals surface area (Å²) in [6.45, 7) is 12.0. The molecule has 0 saturated carbocycles. The summed E-state index contributed by atoms with van der Waals surface area (Å²) in [5.41, 5.74) is 5.32. The van der Waals surface area contributed by atoms with Crippen LogP contribution in [0.25, 0.3) is 0 Å². The number of piperidine rings is 1. The maximum atomic E-state index is 12.8. The number of guanidine groups is 1. The molecular formula is C18H33N5O2. The molecular weight excluding hydrogens is 318 g/mol. The number of urea groups is 1. The summed E-state index contributed by atoms with van der Waals surface area (Å²) in [5, 5.41) is 2.93. The van der Waals surface area contributed by atoms with Crippen molar-refractivity contribution in [3.63, 3.8) is 0 Å². The smallest absolute Gasteiger partial charge is 0.317 e. The molecule has 7 nitrogen and oxygen atoms in total. The van der Waals surface area contributed by atoms with Gasteiger partial charge in [-0.25, -0.2) is 9.79 Å². The van der Waals surface area contributed by atoms with E-state index in [-0.39, 0.29) is 18.0 Å². The molecule has 0 aromatic heterocycles. The fraction of sp³-hybridized carbons (Fsp3) is 0.833. The number of carbonyl (C=O) groups is 2. The largest absolute Gasteiger partial charge is 0.369 e. The van der Waals surface area contributed by atoms with Gasteiger partial charge in [0, 0.05) is 25.7 Å². The van der Waals surface area contributed by atoms with Crippen molar-refractivity contribution >= 4 is 17.9 Å². The molecule has 0 radical (unpaired) electrons. The standard InChI is InChI=1S/C18H33N5O2/c1-12(2)10-18(5)15(24)23(16(19)21-18)11-14-6-8-22(9-7-14)17(25)20-13(3)4/h12-14H,6-11H2,1-5H3,(H2,19,21)(H,20,25). The summed E-state index contributed by atoms with van der Waals surface area (Å²) in [5.74, 6) is 1.09. The van der Waals surface area contributed by atoms with Crippen LogP contribution >= 0.6 is 0 Å². The third-order valence-electron chi connectivity index (χ3n) is 4.90. The lowest BCUT2D eigenvalue weighted by atomic mass is 9.90. The van der Waals surface area contributed by atoms with E-state index < -0.39 is 5.54 Å². The highest BCUT2D eigenvalue weighted by Crippen LogP contribution is 2.30. The van der Waals surface area contributed by atoms with E-state index in [0.29, 0.717) is 43.9 Å². The SMILES string of the molecule is CC(C)CC1(C)N=C(N)N(CC2CCN(C(=O)NC(C)C)CC2)C1=O. The first kappa shape index (κ1) is 19.5. The summed E-state index contributed by atoms with van der Waals surface area (Å²) < 4.78 is 0. The number of nitrogens with one attached hydrogen (secondary N) is 1. The Morgan fingerprint density at radius 1 is 1.32 bits per heavy atom. The minimum atomic E-state index is -0.726. The summed E-state index contributed by atoms with van der Waals surface area (Å²) in [6.07, 6.45) is 2.46. The first-order chi connectivity index (χ1) is 11.6. The van der Waals surface area contributed by atoms with E-state index in [2.05, 4.69) is 24.2 Å². The van der Waals surface area contributed by atoms with Gasteiger partial charge in [-0.2, -0.15) is 0 Å². The highest BCUT2D eigenvalue weighted by atomic mass is 16.2. The lowest BCUT2D eigenvalue weighted by molar-refractivity contribution is -0.131. The van der Waals surface area contributed by atoms with Crippen molar-refractivity contribution in [3.05, 3.63) is 0 Å². The monoisotopic (exact) mass is 351 g/mol. The van der Waals surface area contributed by atoms with Crippen LogP contribution in [0.3, 0.4) is 0 Å². The van der Waals surface area contributed by atoms with Gasteiger partial charge in [0.15, 0.2) is 5.96 Å². The van der Waals surface area contributed by atoms with Gasteiger partial charge in [0.1, 0.15) is 5.54 Å². The van der Waals surface area contributed by atoms with Gasteiger partial charge in [0.25, 0.3) is 5.91 Å². The number of hydrogen-bond acceptors (Lipinski definition) is 4. The molecule has 0 bridgehead atoms. The highest BCUT2D eigenvalue weighted by Gasteiger charge is 2.44. The van der Waals surface area contributed by atoms with Crippen molar-refractivity contribution in [2.24, 2.45) is 22.6 Å². The van der Waals surface area contributed by atoms with Gasteiger partial charge < -0.3 is 16.0 Å². The van der Waals surface area contributed by atoms with Gasteiger partial charge in [0.2, 0.25) is 0 Å². The number of aliphatic imine (C=N–C) groups is 1. The molecule has 142 valence electrons. The van der Waals surface area contributed by atoms with E-state index in [0.717, 1.165) is 12.8 Å². The number of nitrogens with two attached hydrogens (primary N) is 1. The molecule has 0 aliphatic carbocycles. The van der Waals surface area contributed by atoms with Crippen LogP contribution in [0.5, 0.6) is 0 Å². The topological polar surface area (TPSA) is 91.0 Å². The molecule has 0 aromatic rings. The summed E-state index contributed by atoms with van der Waals surface area (Å²) in [6, 6.07) is 0.137. The third kappa shape index (κ3) is 4.64. The van der Waals surface area contributed by atoms with Crippen molar-refractivity contribution in [3.8, 4) is 0 Å². The van der Waals surface area contributed by atoms with Gasteiger partial charge in [-0.05, 0) is 51.9 Å². The molecule has 0 aromatic carbocycles. The van der Waals surface area contributed by atoms with E-state index in [4.69, 9.17) is 5.73 Å². The summed E-state index contributed by atoms with van der Waals surface area (Å²) in [4.78, 5) is 32.8. The van der Waals surface area contributed by atoms with E-state index in [9.17, 15) is 9.59 Å². The maximum absolute atomic E-state index is 12.8. The second kappa shape index (κ2) is 7.62. The Hall–Kier alpha value is -1.79. The van der Waals surface area contributed by atoms with Gasteiger partial charge >= 0.3 is 6.03 Å². The Labute approximate surface area is 151 Å². The lowest BCUT2D eigenvalue weighted by Gasteiger charge is -2.34. The fourth-order valence-corrected chi connectivity index (χ4v) is 3.78. The number of hydrogen-bond donors (Lipinski definition) is 2. The lowest BCUT2D eigenvalue weighted by Crippen LogP contribution is -2.50. The van der Waals surface area contributed by atoms with Crippen LogP contribution in [0.1, 0.15) is 53.9 Å². The number of rotatable bonds is 5. The zero-order valence-corrected chi connectivity index (χ0v) is 16.2. The van der Waals surface area contributed by atoms with Gasteiger partial charge in [-0.1, -0.05) is 13.8 Å². The highest BCUT2D eigenvalue weighted by molar-refractivity contribution is 6.06. The van der Waals surface area contributed by atoms with Crippen LogP contribution < -0.4 is 11.1 Å². The Morgan fingerprint density at radius 3 is 2.44 bits per heavy atom. The Bertz CT molecular complexity index is 538. The quantitative estimate of drug-likeness (QED) is 0.791. The van der Waals surface area contributed by atoms with Crippen LogP contribution in [0.15, 0.2) is 4.99 Å². The Balaban J connectivity index is 1.89. The van der Waals surface area contributed by atoms with Crippen molar-refractivity contribution in [1.29, 1.82) is 0 Å². The van der Waals surface area contributed by atoms with Crippen LogP contribution in [0, 0.1) is 11.8 Å². The molecule has 0 spiro atoms. The zero-order valence-electron chi connectivity index (χ0n) is 16.2. The zero-order chi connectivity index (χ0) is 18.8. The molecule has 1 saturated heterocycles. The van der Waals surface area contributed by atoms with E-state index >= 15 is 0 Å². The van der Waals surface area contributed by atoms with E-state index in [1.165, 1.54) is 0 Å². The van der Waals surface area contributed by atoms with Crippen LogP contribution in [0.4, 0.5) is 4.79 Å². The Morgan fingerprint density at radius 2 is 1.92 bits per heavy atom. The molecule has 1 atom stereocenters. The van der Waals surface area contributed by atoms with E-state index in [1.807, 2.05) is 25.7 Å². The minimum Gasteiger partial charge on any atom is -0.369 e. The van der Waals surface area contributed by atoms with E-state index in [1.54, 1.807) is 4.90 Å². The molecule has 1 unspecified atom stereocenters. The third-order valence-corrected chi connectivity index (χ3v) is 4.90. The molecule has 7 heteroatoms. The number of nitrogens with zero attached hydrogens (tertiary/aromatic N) is 3. The average molecular weight is 351 g/mol. The van der Waals surface area contributed by atoms with Gasteiger partial charge in [-0.3, -0.25) is 9.69 Å². The molecule has 2 heterocycles. The van der Waals surface area contributed by atoms with Crippen molar-refractivity contribution < 1.29 is 9.59 Å². The summed E-state index contributed by atoms with van der Waals surface area (Å²) in [7, 11) is 0. The summed E-state index contributed by atoms with van der Waals surface area (Å²) >= 11 is 0.